The molecule has 0 radical (unpaired) electrons. The summed E-state index contributed by atoms with van der Waals surface area (Å²) >= 11 is 1.19. The maximum absolute atomic E-state index is 11.9. The zero-order chi connectivity index (χ0) is 16.2. The Morgan fingerprint density at radius 3 is 2.64 bits per heavy atom. The molecule has 0 spiro atoms. The van der Waals surface area contributed by atoms with Crippen molar-refractivity contribution in [2.45, 2.75) is 17.0 Å². The van der Waals surface area contributed by atoms with Crippen LogP contribution in [-0.2, 0) is 14.8 Å². The van der Waals surface area contributed by atoms with Crippen molar-refractivity contribution in [2.24, 2.45) is 5.14 Å². The second-order valence-corrected chi connectivity index (χ2v) is 6.89. The summed E-state index contributed by atoms with van der Waals surface area (Å²) in [5, 5.41) is 8.23. The second-order valence-electron chi connectivity index (χ2n) is 4.39. The van der Waals surface area contributed by atoms with Crippen molar-refractivity contribution >= 4 is 33.4 Å². The summed E-state index contributed by atoms with van der Waals surface area (Å²) in [7, 11) is -3.81. The molecule has 0 atom stereocenters. The van der Waals surface area contributed by atoms with Gasteiger partial charge < -0.3 is 5.32 Å². The number of nitrogens with two attached hydrogens (primary N) is 1. The molecule has 9 heteroatoms. The number of carbonyl (C=O) groups excluding carboxylic acids is 1. The van der Waals surface area contributed by atoms with Gasteiger partial charge >= 0.3 is 0 Å². The molecule has 1 aromatic heterocycles. The summed E-state index contributed by atoms with van der Waals surface area (Å²) in [4.78, 5) is 19.9. The molecule has 0 bridgehead atoms. The lowest BCUT2D eigenvalue weighted by molar-refractivity contribution is -0.113. The van der Waals surface area contributed by atoms with Crippen LogP contribution in [0.3, 0.4) is 0 Å². The highest BCUT2D eigenvalue weighted by Gasteiger charge is 2.12. The fourth-order valence-corrected chi connectivity index (χ4v) is 2.73. The van der Waals surface area contributed by atoms with Crippen LogP contribution < -0.4 is 10.5 Å². The van der Waals surface area contributed by atoms with E-state index in [1.54, 1.807) is 31.5 Å². The summed E-state index contributed by atoms with van der Waals surface area (Å²) in [6.45, 7) is 1.76. The van der Waals surface area contributed by atoms with E-state index in [1.165, 1.54) is 23.9 Å². The normalized spacial score (nSPS) is 11.2. The molecular formula is C13H14N4O3S2. The van der Waals surface area contributed by atoms with Crippen LogP contribution in [-0.4, -0.2) is 30.0 Å². The smallest absolute Gasteiger partial charge is 0.238 e. The van der Waals surface area contributed by atoms with Crippen LogP contribution in [0, 0.1) is 6.92 Å². The molecule has 2 aromatic rings. The van der Waals surface area contributed by atoms with Gasteiger partial charge in [-0.1, -0.05) is 17.8 Å². The van der Waals surface area contributed by atoms with Crippen molar-refractivity contribution in [3.63, 3.8) is 0 Å². The molecule has 7 nitrogen and oxygen atoms in total. The summed E-state index contributed by atoms with van der Waals surface area (Å²) in [6, 6.07) is 6.01. The number of nitrogens with zero attached hydrogens (tertiary/aromatic N) is 2. The van der Waals surface area contributed by atoms with Gasteiger partial charge in [0.2, 0.25) is 15.9 Å². The van der Waals surface area contributed by atoms with E-state index < -0.39 is 10.0 Å². The molecule has 0 aliphatic heterocycles. The third kappa shape index (κ3) is 4.52. The van der Waals surface area contributed by atoms with Gasteiger partial charge in [0.05, 0.1) is 10.6 Å². The first-order chi connectivity index (χ1) is 10.4. The van der Waals surface area contributed by atoms with E-state index >= 15 is 0 Å². The number of anilines is 1. The summed E-state index contributed by atoms with van der Waals surface area (Å²) < 4.78 is 22.7. The molecular weight excluding hydrogens is 324 g/mol. The molecule has 0 fully saturated rings. The SMILES string of the molecule is Cc1ccc(S(N)(=O)=O)cc1NC(=O)CSc1ncccn1. The van der Waals surface area contributed by atoms with Gasteiger partial charge in [-0.25, -0.2) is 23.5 Å². The summed E-state index contributed by atoms with van der Waals surface area (Å²) in [6.07, 6.45) is 3.18. The average Bonchev–Trinajstić information content (AvgIpc) is 2.47. The third-order valence-corrected chi connectivity index (χ3v) is 4.47. The van der Waals surface area contributed by atoms with Crippen molar-refractivity contribution < 1.29 is 13.2 Å². The molecule has 2 rings (SSSR count). The number of hydrogen-bond acceptors (Lipinski definition) is 6. The van der Waals surface area contributed by atoms with E-state index in [-0.39, 0.29) is 16.6 Å². The number of thioether (sulfide) groups is 1. The minimum Gasteiger partial charge on any atom is -0.325 e. The average molecular weight is 338 g/mol. The molecule has 0 aliphatic carbocycles. The van der Waals surface area contributed by atoms with Crippen LogP contribution in [0.15, 0.2) is 46.7 Å². The minimum atomic E-state index is -3.81. The topological polar surface area (TPSA) is 115 Å². The molecule has 0 saturated carbocycles. The number of amides is 1. The van der Waals surface area contributed by atoms with Crippen LogP contribution in [0.25, 0.3) is 0 Å². The second kappa shape index (κ2) is 6.86. The summed E-state index contributed by atoms with van der Waals surface area (Å²) in [5.74, 6) is -0.171. The maximum atomic E-state index is 11.9. The zero-order valence-electron chi connectivity index (χ0n) is 11.7. The number of rotatable bonds is 5. The molecule has 22 heavy (non-hydrogen) atoms. The number of nitrogens with one attached hydrogen (secondary N) is 1. The van der Waals surface area contributed by atoms with Gasteiger partial charge in [0.25, 0.3) is 0 Å². The van der Waals surface area contributed by atoms with Crippen molar-refractivity contribution in [1.29, 1.82) is 0 Å². The van der Waals surface area contributed by atoms with E-state index in [4.69, 9.17) is 5.14 Å². The van der Waals surface area contributed by atoms with Crippen LogP contribution in [0.2, 0.25) is 0 Å². The lowest BCUT2D eigenvalue weighted by Gasteiger charge is -2.09. The number of primary sulfonamides is 1. The van der Waals surface area contributed by atoms with E-state index in [9.17, 15) is 13.2 Å². The predicted octanol–water partition coefficient (Wildman–Crippen LogP) is 1.16. The first kappa shape index (κ1) is 16.4. The fraction of sp³-hybridized carbons (Fsp3) is 0.154. The lowest BCUT2D eigenvalue weighted by Crippen LogP contribution is -2.17. The van der Waals surface area contributed by atoms with Crippen LogP contribution >= 0.6 is 11.8 Å². The Kier molecular flexibility index (Phi) is 5.11. The van der Waals surface area contributed by atoms with Gasteiger partial charge in [-0.2, -0.15) is 0 Å². The zero-order valence-corrected chi connectivity index (χ0v) is 13.3. The number of aromatic nitrogens is 2. The Hall–Kier alpha value is -1.97. The van der Waals surface area contributed by atoms with E-state index in [0.29, 0.717) is 10.8 Å². The van der Waals surface area contributed by atoms with Crippen LogP contribution in [0.1, 0.15) is 5.56 Å². The number of aryl methyl sites for hydroxylation is 1. The van der Waals surface area contributed by atoms with Gasteiger partial charge in [-0.05, 0) is 30.7 Å². The minimum absolute atomic E-state index is 0.0487. The Morgan fingerprint density at radius 2 is 2.00 bits per heavy atom. The molecule has 1 amide bonds. The maximum Gasteiger partial charge on any atom is 0.238 e. The number of benzene rings is 1. The monoisotopic (exact) mass is 338 g/mol. The quantitative estimate of drug-likeness (QED) is 0.624. The number of sulfonamides is 1. The van der Waals surface area contributed by atoms with Crippen molar-refractivity contribution in [3.05, 3.63) is 42.2 Å². The van der Waals surface area contributed by atoms with Gasteiger partial charge in [0.1, 0.15) is 0 Å². The van der Waals surface area contributed by atoms with Gasteiger partial charge in [0, 0.05) is 18.1 Å². The first-order valence-electron chi connectivity index (χ1n) is 6.19. The molecule has 0 saturated heterocycles. The van der Waals surface area contributed by atoms with Crippen LogP contribution in [0.5, 0.6) is 0 Å². The van der Waals surface area contributed by atoms with Crippen LogP contribution in [0.4, 0.5) is 5.69 Å². The summed E-state index contributed by atoms with van der Waals surface area (Å²) in [5.41, 5.74) is 1.15. The van der Waals surface area contributed by atoms with Crippen molar-refractivity contribution in [2.75, 3.05) is 11.1 Å². The van der Waals surface area contributed by atoms with E-state index in [1.807, 2.05) is 0 Å². The van der Waals surface area contributed by atoms with Gasteiger partial charge in [0.15, 0.2) is 5.16 Å². The number of carbonyl (C=O) groups is 1. The first-order valence-corrected chi connectivity index (χ1v) is 8.72. The molecule has 0 aliphatic rings. The third-order valence-electron chi connectivity index (χ3n) is 2.69. The molecule has 0 unspecified atom stereocenters. The fourth-order valence-electron chi connectivity index (χ4n) is 1.59. The Morgan fingerprint density at radius 1 is 1.32 bits per heavy atom. The van der Waals surface area contributed by atoms with Gasteiger partial charge in [-0.3, -0.25) is 4.79 Å². The Labute approximate surface area is 132 Å². The Bertz CT molecular complexity index is 779. The van der Waals surface area contributed by atoms with Crippen molar-refractivity contribution in [1.82, 2.24) is 9.97 Å². The highest BCUT2D eigenvalue weighted by molar-refractivity contribution is 7.99. The van der Waals surface area contributed by atoms with Crippen molar-refractivity contribution in [3.8, 4) is 0 Å². The molecule has 1 aromatic carbocycles. The highest BCUT2D eigenvalue weighted by Crippen LogP contribution is 2.20. The molecule has 3 N–H and O–H groups in total. The van der Waals surface area contributed by atoms with E-state index in [2.05, 4.69) is 15.3 Å². The Balaban J connectivity index is 2.05. The van der Waals surface area contributed by atoms with Gasteiger partial charge in [-0.15, -0.1) is 0 Å². The molecule has 1 heterocycles. The predicted molar refractivity (Wildman–Crippen MR) is 83.9 cm³/mol. The lowest BCUT2D eigenvalue weighted by atomic mass is 10.2. The highest BCUT2D eigenvalue weighted by atomic mass is 32.2. The number of hydrogen-bond donors (Lipinski definition) is 2. The standard InChI is InChI=1S/C13H14N4O3S2/c1-9-3-4-10(22(14,19)20)7-11(9)17-12(18)8-21-13-15-5-2-6-16-13/h2-7H,8H2,1H3,(H,17,18)(H2,14,19,20). The van der Waals surface area contributed by atoms with E-state index in [0.717, 1.165) is 5.56 Å². The largest absolute Gasteiger partial charge is 0.325 e. The molecule has 116 valence electrons.